The maximum Gasteiger partial charge on any atom is 0.246 e. The van der Waals surface area contributed by atoms with Crippen molar-refractivity contribution in [3.05, 3.63) is 35.9 Å². The van der Waals surface area contributed by atoms with Gasteiger partial charge in [0, 0.05) is 5.92 Å². The molecule has 26 heavy (non-hydrogen) atoms. The Morgan fingerprint density at radius 2 is 1.88 bits per heavy atom. The van der Waals surface area contributed by atoms with Gasteiger partial charge >= 0.3 is 0 Å². The van der Waals surface area contributed by atoms with Gasteiger partial charge in [-0.15, -0.1) is 0 Å². The van der Waals surface area contributed by atoms with Gasteiger partial charge in [0.05, 0.1) is 6.61 Å². The second kappa shape index (κ2) is 12.9. The lowest BCUT2D eigenvalue weighted by Gasteiger charge is -2.21. The Hall–Kier alpha value is -1.39. The number of rotatable bonds is 12. The van der Waals surface area contributed by atoms with Crippen molar-refractivity contribution >= 4 is 5.91 Å². The minimum Gasteiger partial charge on any atom is -0.330 e. The zero-order valence-electron chi connectivity index (χ0n) is 16.1. The molecular weight excluding hydrogens is 324 g/mol. The van der Waals surface area contributed by atoms with Crippen molar-refractivity contribution < 1.29 is 9.63 Å². The van der Waals surface area contributed by atoms with E-state index in [1.165, 1.54) is 37.7 Å². The molecule has 2 rings (SSSR count). The van der Waals surface area contributed by atoms with Crippen LogP contribution in [-0.2, 0) is 16.1 Å². The molecule has 0 aromatic heterocycles. The van der Waals surface area contributed by atoms with E-state index in [-0.39, 0.29) is 11.8 Å². The van der Waals surface area contributed by atoms with Crippen LogP contribution in [0, 0.1) is 11.8 Å². The van der Waals surface area contributed by atoms with E-state index in [2.05, 4.69) is 17.6 Å². The van der Waals surface area contributed by atoms with E-state index in [1.807, 2.05) is 18.2 Å². The predicted octanol–water partition coefficient (Wildman–Crippen LogP) is 4.38. The molecule has 1 aliphatic carbocycles. The van der Waals surface area contributed by atoms with Crippen LogP contribution >= 0.6 is 0 Å². The van der Waals surface area contributed by atoms with Gasteiger partial charge in [0.15, 0.2) is 0 Å². The molecule has 3 N–H and O–H groups in total. The molecule has 4 heteroatoms. The highest BCUT2D eigenvalue weighted by molar-refractivity contribution is 5.77. The summed E-state index contributed by atoms with van der Waals surface area (Å²) >= 11 is 0. The molecule has 0 unspecified atom stereocenters. The molecule has 0 radical (unpaired) electrons. The fourth-order valence-corrected chi connectivity index (χ4v) is 3.84. The summed E-state index contributed by atoms with van der Waals surface area (Å²) in [4.78, 5) is 18.1. The molecule has 0 aliphatic heterocycles. The van der Waals surface area contributed by atoms with E-state index in [4.69, 9.17) is 10.6 Å². The number of amides is 1. The number of unbranched alkanes of at least 4 members (excludes halogenated alkanes) is 2. The third-order valence-electron chi connectivity index (χ3n) is 5.48. The lowest BCUT2D eigenvalue weighted by Crippen LogP contribution is -2.32. The van der Waals surface area contributed by atoms with Crippen LogP contribution in [0.4, 0.5) is 0 Å². The number of benzene rings is 1. The second-order valence-electron chi connectivity index (χ2n) is 7.63. The van der Waals surface area contributed by atoms with Crippen molar-refractivity contribution in [2.24, 2.45) is 17.6 Å². The molecule has 0 bridgehead atoms. The number of hydroxylamine groups is 1. The van der Waals surface area contributed by atoms with Gasteiger partial charge in [-0.05, 0) is 43.7 Å². The second-order valence-corrected chi connectivity index (χ2v) is 7.63. The third kappa shape index (κ3) is 8.33. The van der Waals surface area contributed by atoms with Crippen LogP contribution in [0.2, 0.25) is 0 Å². The number of nitrogens with one attached hydrogen (secondary N) is 1. The molecule has 1 amide bonds. The lowest BCUT2D eigenvalue weighted by molar-refractivity contribution is -0.138. The van der Waals surface area contributed by atoms with E-state index in [0.29, 0.717) is 6.61 Å². The van der Waals surface area contributed by atoms with Gasteiger partial charge in [-0.1, -0.05) is 75.3 Å². The largest absolute Gasteiger partial charge is 0.330 e. The van der Waals surface area contributed by atoms with Gasteiger partial charge in [0.1, 0.15) is 0 Å². The first kappa shape index (κ1) is 20.9. The molecule has 0 heterocycles. The first-order valence-corrected chi connectivity index (χ1v) is 10.4. The standard InChI is InChI=1S/C22H36N2O2/c23-16-9-3-8-14-21(18-20-12-6-2-7-13-20)22(25)24-26-17-15-19-10-4-1-5-11-19/h2,6-7,12-13,19,21H,1,3-5,8-11,14-18,23H2,(H,24,25)/t21-/m0/s1. The molecule has 1 aliphatic rings. The summed E-state index contributed by atoms with van der Waals surface area (Å²) in [5.41, 5.74) is 9.49. The minimum absolute atomic E-state index is 0.0187. The lowest BCUT2D eigenvalue weighted by atomic mass is 9.87. The average molecular weight is 361 g/mol. The van der Waals surface area contributed by atoms with Crippen LogP contribution < -0.4 is 11.2 Å². The highest BCUT2D eigenvalue weighted by Gasteiger charge is 2.19. The average Bonchev–Trinajstić information content (AvgIpc) is 2.69. The Morgan fingerprint density at radius 1 is 1.12 bits per heavy atom. The summed E-state index contributed by atoms with van der Waals surface area (Å²) in [6.07, 6.45) is 12.5. The Morgan fingerprint density at radius 3 is 2.62 bits per heavy atom. The molecule has 0 spiro atoms. The topological polar surface area (TPSA) is 64.4 Å². The first-order valence-electron chi connectivity index (χ1n) is 10.4. The monoisotopic (exact) mass is 360 g/mol. The number of carbonyl (C=O) groups is 1. The SMILES string of the molecule is NCCCCC[C@@H](Cc1ccccc1)C(=O)NOCCC1CCCCC1. The van der Waals surface area contributed by atoms with Crippen molar-refractivity contribution in [3.63, 3.8) is 0 Å². The number of carbonyl (C=O) groups excluding carboxylic acids is 1. The van der Waals surface area contributed by atoms with Crippen LogP contribution in [-0.4, -0.2) is 19.1 Å². The Kier molecular flexibility index (Phi) is 10.4. The smallest absolute Gasteiger partial charge is 0.246 e. The van der Waals surface area contributed by atoms with E-state index < -0.39 is 0 Å². The Balaban J connectivity index is 1.73. The molecular formula is C22H36N2O2. The summed E-state index contributed by atoms with van der Waals surface area (Å²) in [5, 5.41) is 0. The number of nitrogens with two attached hydrogens (primary N) is 1. The molecule has 1 atom stereocenters. The zero-order chi connectivity index (χ0) is 18.5. The van der Waals surface area contributed by atoms with Gasteiger partial charge in [-0.25, -0.2) is 5.48 Å². The van der Waals surface area contributed by atoms with Crippen molar-refractivity contribution in [1.29, 1.82) is 0 Å². The molecule has 1 saturated carbocycles. The third-order valence-corrected chi connectivity index (χ3v) is 5.48. The van der Waals surface area contributed by atoms with Crippen LogP contribution in [0.1, 0.15) is 69.8 Å². The van der Waals surface area contributed by atoms with Crippen molar-refractivity contribution in [2.75, 3.05) is 13.2 Å². The molecule has 0 saturated heterocycles. The van der Waals surface area contributed by atoms with E-state index in [9.17, 15) is 4.79 Å². The van der Waals surface area contributed by atoms with Crippen LogP contribution in [0.15, 0.2) is 30.3 Å². The van der Waals surface area contributed by atoms with Gasteiger partial charge in [0.2, 0.25) is 5.91 Å². The van der Waals surface area contributed by atoms with Crippen LogP contribution in [0.5, 0.6) is 0 Å². The number of hydrogen-bond donors (Lipinski definition) is 2. The summed E-state index contributed by atoms with van der Waals surface area (Å²) in [7, 11) is 0. The molecule has 4 nitrogen and oxygen atoms in total. The summed E-state index contributed by atoms with van der Waals surface area (Å²) in [5.74, 6) is 0.757. The predicted molar refractivity (Wildman–Crippen MR) is 106 cm³/mol. The van der Waals surface area contributed by atoms with Crippen molar-refractivity contribution in [3.8, 4) is 0 Å². The fourth-order valence-electron chi connectivity index (χ4n) is 3.84. The van der Waals surface area contributed by atoms with E-state index in [0.717, 1.165) is 51.0 Å². The molecule has 1 fully saturated rings. The maximum atomic E-state index is 12.6. The summed E-state index contributed by atoms with van der Waals surface area (Å²) < 4.78 is 0. The molecule has 1 aromatic carbocycles. The van der Waals surface area contributed by atoms with Crippen LogP contribution in [0.25, 0.3) is 0 Å². The van der Waals surface area contributed by atoms with Gasteiger partial charge in [-0.3, -0.25) is 9.63 Å². The Labute approximate surface area is 158 Å². The zero-order valence-corrected chi connectivity index (χ0v) is 16.1. The molecule has 1 aromatic rings. The Bertz CT molecular complexity index is 486. The first-order chi connectivity index (χ1) is 12.8. The van der Waals surface area contributed by atoms with Crippen LogP contribution in [0.3, 0.4) is 0 Å². The highest BCUT2D eigenvalue weighted by Crippen LogP contribution is 2.26. The highest BCUT2D eigenvalue weighted by atomic mass is 16.6. The van der Waals surface area contributed by atoms with E-state index >= 15 is 0 Å². The maximum absolute atomic E-state index is 12.6. The number of hydrogen-bond acceptors (Lipinski definition) is 3. The van der Waals surface area contributed by atoms with Gasteiger partial charge in [0.25, 0.3) is 0 Å². The normalized spacial score (nSPS) is 16.3. The van der Waals surface area contributed by atoms with Crippen molar-refractivity contribution in [1.82, 2.24) is 5.48 Å². The summed E-state index contributed by atoms with van der Waals surface area (Å²) in [6, 6.07) is 10.2. The fraction of sp³-hybridized carbons (Fsp3) is 0.682. The van der Waals surface area contributed by atoms with Crippen molar-refractivity contribution in [2.45, 2.75) is 70.6 Å². The molecule has 146 valence electrons. The van der Waals surface area contributed by atoms with Gasteiger partial charge < -0.3 is 5.73 Å². The van der Waals surface area contributed by atoms with E-state index in [1.54, 1.807) is 0 Å². The minimum atomic E-state index is -0.0372. The van der Waals surface area contributed by atoms with Gasteiger partial charge in [-0.2, -0.15) is 0 Å². The quantitative estimate of drug-likeness (QED) is 0.429. The summed E-state index contributed by atoms with van der Waals surface area (Å²) in [6.45, 7) is 1.35.